The predicted molar refractivity (Wildman–Crippen MR) is 52.7 cm³/mol. The Morgan fingerprint density at radius 2 is 2.14 bits per heavy atom. The third kappa shape index (κ3) is 2.27. The average molecular weight is 196 g/mol. The quantitative estimate of drug-likeness (QED) is 0.681. The van der Waals surface area contributed by atoms with Crippen LogP contribution in [0.1, 0.15) is 27.2 Å². The molecule has 0 aliphatic heterocycles. The van der Waals surface area contributed by atoms with Gasteiger partial charge in [-0.2, -0.15) is 0 Å². The van der Waals surface area contributed by atoms with Crippen molar-refractivity contribution in [2.24, 2.45) is 11.3 Å². The Bertz CT molecular complexity index is 303. The maximum absolute atomic E-state index is 10.7. The summed E-state index contributed by atoms with van der Waals surface area (Å²) in [6, 6.07) is 0. The summed E-state index contributed by atoms with van der Waals surface area (Å²) in [5.74, 6) is 4.68. The molecule has 0 unspecified atom stereocenters. The van der Waals surface area contributed by atoms with E-state index in [1.54, 1.807) is 0 Å². The SMILES string of the molecule is CO[C@@]1(C#CC(C)(C)C)C[C@H]1C(=O)O. The summed E-state index contributed by atoms with van der Waals surface area (Å²) in [7, 11) is 1.51. The zero-order valence-electron chi connectivity index (χ0n) is 9.05. The van der Waals surface area contributed by atoms with Gasteiger partial charge in [0.15, 0.2) is 0 Å². The van der Waals surface area contributed by atoms with E-state index in [9.17, 15) is 4.79 Å². The molecular formula is C11H16O3. The largest absolute Gasteiger partial charge is 0.481 e. The smallest absolute Gasteiger partial charge is 0.310 e. The summed E-state index contributed by atoms with van der Waals surface area (Å²) in [5, 5.41) is 8.80. The van der Waals surface area contributed by atoms with E-state index in [1.807, 2.05) is 20.8 Å². The second-order valence-corrected chi connectivity index (χ2v) is 4.69. The third-order valence-corrected chi connectivity index (χ3v) is 2.22. The standard InChI is InChI=1S/C11H16O3/c1-10(2,3)5-6-11(14-4)7-8(11)9(12)13/h8H,7H2,1-4H3,(H,12,13)/t8-,11-/m0/s1. The molecule has 3 heteroatoms. The van der Waals surface area contributed by atoms with E-state index in [-0.39, 0.29) is 5.41 Å². The lowest BCUT2D eigenvalue weighted by atomic mass is 9.97. The van der Waals surface area contributed by atoms with Crippen molar-refractivity contribution >= 4 is 5.97 Å². The van der Waals surface area contributed by atoms with Crippen molar-refractivity contribution < 1.29 is 14.6 Å². The van der Waals surface area contributed by atoms with E-state index in [0.29, 0.717) is 6.42 Å². The van der Waals surface area contributed by atoms with Gasteiger partial charge in [0.1, 0.15) is 11.5 Å². The second kappa shape index (κ2) is 3.29. The zero-order valence-corrected chi connectivity index (χ0v) is 9.05. The summed E-state index contributed by atoms with van der Waals surface area (Å²) in [4.78, 5) is 10.7. The maximum atomic E-state index is 10.7. The molecule has 0 heterocycles. The minimum absolute atomic E-state index is 0.114. The van der Waals surface area contributed by atoms with Gasteiger partial charge in [-0.15, -0.1) is 0 Å². The Morgan fingerprint density at radius 1 is 1.57 bits per heavy atom. The molecule has 0 aromatic carbocycles. The topological polar surface area (TPSA) is 46.5 Å². The van der Waals surface area contributed by atoms with Crippen LogP contribution in [0.2, 0.25) is 0 Å². The van der Waals surface area contributed by atoms with E-state index in [0.717, 1.165) is 0 Å². The van der Waals surface area contributed by atoms with Gasteiger partial charge in [0.25, 0.3) is 0 Å². The molecule has 3 nitrogen and oxygen atoms in total. The minimum atomic E-state index is -0.824. The van der Waals surface area contributed by atoms with Crippen LogP contribution in [0.25, 0.3) is 0 Å². The fourth-order valence-electron chi connectivity index (χ4n) is 1.24. The van der Waals surface area contributed by atoms with Gasteiger partial charge in [-0.1, -0.05) is 11.8 Å². The number of carboxylic acid groups (broad SMARTS) is 1. The third-order valence-electron chi connectivity index (χ3n) is 2.22. The summed E-state index contributed by atoms with van der Waals surface area (Å²) in [5.41, 5.74) is -0.837. The highest BCUT2D eigenvalue weighted by molar-refractivity contribution is 5.77. The van der Waals surface area contributed by atoms with Crippen molar-refractivity contribution in [1.29, 1.82) is 0 Å². The number of hydrogen-bond donors (Lipinski definition) is 1. The molecule has 0 aromatic rings. The summed E-state index contributed by atoms with van der Waals surface area (Å²) >= 11 is 0. The molecule has 0 saturated heterocycles. The van der Waals surface area contributed by atoms with Crippen LogP contribution >= 0.6 is 0 Å². The summed E-state index contributed by atoms with van der Waals surface area (Å²) in [6.07, 6.45) is 0.502. The number of ether oxygens (including phenoxy) is 1. The molecule has 14 heavy (non-hydrogen) atoms. The average Bonchev–Trinajstić information content (AvgIpc) is 2.75. The predicted octanol–water partition coefficient (Wildman–Crippen LogP) is 1.53. The second-order valence-electron chi connectivity index (χ2n) is 4.69. The van der Waals surface area contributed by atoms with E-state index in [4.69, 9.17) is 9.84 Å². The van der Waals surface area contributed by atoms with Crippen LogP contribution in [0.15, 0.2) is 0 Å². The van der Waals surface area contributed by atoms with E-state index in [2.05, 4.69) is 11.8 Å². The van der Waals surface area contributed by atoms with Gasteiger partial charge in [-0.25, -0.2) is 0 Å². The number of methoxy groups -OCH3 is 1. The number of hydrogen-bond acceptors (Lipinski definition) is 2. The van der Waals surface area contributed by atoms with Gasteiger partial charge in [-0.05, 0) is 20.8 Å². The first-order chi connectivity index (χ1) is 6.31. The lowest BCUT2D eigenvalue weighted by Gasteiger charge is -2.10. The number of carbonyl (C=O) groups is 1. The van der Waals surface area contributed by atoms with E-state index < -0.39 is 17.5 Å². The Morgan fingerprint density at radius 3 is 2.43 bits per heavy atom. The molecule has 1 rings (SSSR count). The molecule has 0 spiro atoms. The highest BCUT2D eigenvalue weighted by atomic mass is 16.5. The van der Waals surface area contributed by atoms with Crippen molar-refractivity contribution in [2.45, 2.75) is 32.8 Å². The van der Waals surface area contributed by atoms with Gasteiger partial charge in [-0.3, -0.25) is 4.79 Å². The molecule has 2 atom stereocenters. The van der Waals surface area contributed by atoms with E-state index in [1.165, 1.54) is 7.11 Å². The Hall–Kier alpha value is -1.01. The monoisotopic (exact) mass is 196 g/mol. The Labute approximate surface area is 84.5 Å². The fourth-order valence-corrected chi connectivity index (χ4v) is 1.24. The van der Waals surface area contributed by atoms with Gasteiger partial charge in [0.2, 0.25) is 0 Å². The minimum Gasteiger partial charge on any atom is -0.481 e. The number of carboxylic acids is 1. The normalized spacial score (nSPS) is 30.4. The zero-order chi connectivity index (χ0) is 11.0. The first-order valence-electron chi connectivity index (χ1n) is 4.63. The molecule has 78 valence electrons. The van der Waals surface area contributed by atoms with Crippen LogP contribution in [0.3, 0.4) is 0 Å². The van der Waals surface area contributed by atoms with Crippen molar-refractivity contribution in [3.63, 3.8) is 0 Å². The number of aliphatic carboxylic acids is 1. The van der Waals surface area contributed by atoms with Crippen molar-refractivity contribution in [1.82, 2.24) is 0 Å². The molecule has 0 aromatic heterocycles. The van der Waals surface area contributed by atoms with E-state index >= 15 is 0 Å². The molecule has 1 saturated carbocycles. The molecule has 0 bridgehead atoms. The van der Waals surface area contributed by atoms with Crippen LogP contribution in [0, 0.1) is 23.2 Å². The van der Waals surface area contributed by atoms with Crippen LogP contribution in [-0.2, 0) is 9.53 Å². The molecule has 1 aliphatic rings. The van der Waals surface area contributed by atoms with Gasteiger partial charge in [0, 0.05) is 18.9 Å². The lowest BCUT2D eigenvalue weighted by Crippen LogP contribution is -2.18. The first kappa shape index (κ1) is 11.1. The van der Waals surface area contributed by atoms with Crippen molar-refractivity contribution in [3.05, 3.63) is 0 Å². The fraction of sp³-hybridized carbons (Fsp3) is 0.727. The number of rotatable bonds is 2. The van der Waals surface area contributed by atoms with Crippen molar-refractivity contribution in [3.8, 4) is 11.8 Å². The van der Waals surface area contributed by atoms with Crippen LogP contribution in [0.5, 0.6) is 0 Å². The first-order valence-corrected chi connectivity index (χ1v) is 4.63. The molecule has 0 radical (unpaired) electrons. The lowest BCUT2D eigenvalue weighted by molar-refractivity contribution is -0.140. The molecule has 1 aliphatic carbocycles. The summed E-state index contributed by atoms with van der Waals surface area (Å²) in [6.45, 7) is 5.96. The Balaban J connectivity index is 2.76. The van der Waals surface area contributed by atoms with Gasteiger partial charge >= 0.3 is 5.97 Å². The molecule has 1 fully saturated rings. The van der Waals surface area contributed by atoms with Crippen LogP contribution in [-0.4, -0.2) is 23.8 Å². The van der Waals surface area contributed by atoms with Crippen LogP contribution < -0.4 is 0 Å². The summed E-state index contributed by atoms with van der Waals surface area (Å²) < 4.78 is 5.16. The highest BCUT2D eigenvalue weighted by Crippen LogP contribution is 2.46. The molecular weight excluding hydrogens is 180 g/mol. The van der Waals surface area contributed by atoms with Gasteiger partial charge < -0.3 is 9.84 Å². The molecule has 1 N–H and O–H groups in total. The molecule has 0 amide bonds. The van der Waals surface area contributed by atoms with Gasteiger partial charge in [0.05, 0.1) is 0 Å². The van der Waals surface area contributed by atoms with Crippen molar-refractivity contribution in [2.75, 3.05) is 7.11 Å². The Kier molecular flexibility index (Phi) is 2.60. The maximum Gasteiger partial charge on any atom is 0.310 e. The highest BCUT2D eigenvalue weighted by Gasteiger charge is 2.59. The van der Waals surface area contributed by atoms with Crippen LogP contribution in [0.4, 0.5) is 0 Å².